The predicted octanol–water partition coefficient (Wildman–Crippen LogP) is 2.31. The number of nitrogens with zero attached hydrogens (tertiary/aromatic N) is 1. The van der Waals surface area contributed by atoms with Crippen LogP contribution in [0.2, 0.25) is 0 Å². The fourth-order valence-corrected chi connectivity index (χ4v) is 2.48. The highest BCUT2D eigenvalue weighted by Crippen LogP contribution is 2.24. The average Bonchev–Trinajstić information content (AvgIpc) is 2.74. The van der Waals surface area contributed by atoms with Crippen molar-refractivity contribution in [3.8, 4) is 0 Å². The minimum Gasteiger partial charge on any atom is -0.379 e. The Morgan fingerprint density at radius 3 is 2.86 bits per heavy atom. The fraction of sp³-hybridized carbons (Fsp3) is 0.455. The Morgan fingerprint density at radius 1 is 1.50 bits per heavy atom. The second kappa shape index (κ2) is 4.73. The van der Waals surface area contributed by atoms with Gasteiger partial charge in [0.25, 0.3) is 0 Å². The van der Waals surface area contributed by atoms with Gasteiger partial charge >= 0.3 is 0 Å². The molecule has 1 aliphatic rings. The van der Waals surface area contributed by atoms with E-state index in [-0.39, 0.29) is 0 Å². The Morgan fingerprint density at radius 2 is 2.29 bits per heavy atom. The molecule has 2 nitrogen and oxygen atoms in total. The van der Waals surface area contributed by atoms with E-state index in [4.69, 9.17) is 4.74 Å². The van der Waals surface area contributed by atoms with Gasteiger partial charge in [-0.15, -0.1) is 6.58 Å². The lowest BCUT2D eigenvalue weighted by Crippen LogP contribution is -2.38. The summed E-state index contributed by atoms with van der Waals surface area (Å²) in [5, 5.41) is 4.31. The molecule has 76 valence electrons. The van der Waals surface area contributed by atoms with Crippen molar-refractivity contribution in [2.45, 2.75) is 6.04 Å². The maximum absolute atomic E-state index is 5.34. The van der Waals surface area contributed by atoms with Crippen molar-refractivity contribution in [2.75, 3.05) is 26.3 Å². The van der Waals surface area contributed by atoms with E-state index >= 15 is 0 Å². The quantitative estimate of drug-likeness (QED) is 0.708. The first kappa shape index (κ1) is 9.90. The molecule has 3 heteroatoms. The van der Waals surface area contributed by atoms with E-state index in [1.165, 1.54) is 5.56 Å². The molecule has 0 N–H and O–H groups in total. The molecule has 0 aromatic carbocycles. The molecule has 1 aliphatic heterocycles. The second-order valence-electron chi connectivity index (χ2n) is 3.39. The van der Waals surface area contributed by atoms with Gasteiger partial charge in [0.15, 0.2) is 0 Å². The summed E-state index contributed by atoms with van der Waals surface area (Å²) in [5.41, 5.74) is 1.35. The fourth-order valence-electron chi connectivity index (χ4n) is 1.79. The summed E-state index contributed by atoms with van der Waals surface area (Å²) in [4.78, 5) is 2.42. The number of ether oxygens (including phenoxy) is 1. The summed E-state index contributed by atoms with van der Waals surface area (Å²) < 4.78 is 5.34. The predicted molar refractivity (Wildman–Crippen MR) is 59.6 cm³/mol. The molecule has 14 heavy (non-hydrogen) atoms. The Hall–Kier alpha value is -0.640. The first-order valence-corrected chi connectivity index (χ1v) is 5.82. The molecule has 0 unspecified atom stereocenters. The van der Waals surface area contributed by atoms with E-state index in [2.05, 4.69) is 28.3 Å². The van der Waals surface area contributed by atoms with Crippen molar-refractivity contribution in [1.82, 2.24) is 4.90 Å². The summed E-state index contributed by atoms with van der Waals surface area (Å²) in [6, 6.07) is 2.54. The van der Waals surface area contributed by atoms with Crippen molar-refractivity contribution >= 4 is 11.3 Å². The maximum Gasteiger partial charge on any atom is 0.0594 e. The maximum atomic E-state index is 5.34. The number of morpholine rings is 1. The van der Waals surface area contributed by atoms with Gasteiger partial charge in [-0.1, -0.05) is 6.08 Å². The van der Waals surface area contributed by atoms with E-state index in [1.807, 2.05) is 6.08 Å². The Balaban J connectivity index is 2.08. The van der Waals surface area contributed by atoms with Crippen molar-refractivity contribution in [3.63, 3.8) is 0 Å². The van der Waals surface area contributed by atoms with Crippen LogP contribution in [0.3, 0.4) is 0 Å². The Labute approximate surface area is 88.8 Å². The van der Waals surface area contributed by atoms with E-state index < -0.39 is 0 Å². The Kier molecular flexibility index (Phi) is 3.35. The zero-order valence-corrected chi connectivity index (χ0v) is 9.00. The van der Waals surface area contributed by atoms with Gasteiger partial charge < -0.3 is 4.74 Å². The smallest absolute Gasteiger partial charge is 0.0594 e. The van der Waals surface area contributed by atoms with Crippen molar-refractivity contribution in [1.29, 1.82) is 0 Å². The van der Waals surface area contributed by atoms with Crippen molar-refractivity contribution in [2.24, 2.45) is 0 Å². The average molecular weight is 209 g/mol. The molecule has 1 saturated heterocycles. The van der Waals surface area contributed by atoms with Gasteiger partial charge in [-0.05, 0) is 22.4 Å². The van der Waals surface area contributed by atoms with Gasteiger partial charge in [-0.2, -0.15) is 11.3 Å². The van der Waals surface area contributed by atoms with Gasteiger partial charge in [0.2, 0.25) is 0 Å². The summed E-state index contributed by atoms with van der Waals surface area (Å²) in [7, 11) is 0. The molecule has 1 atom stereocenters. The van der Waals surface area contributed by atoms with Crippen LogP contribution in [0.1, 0.15) is 11.6 Å². The molecule has 0 radical (unpaired) electrons. The van der Waals surface area contributed by atoms with Crippen LogP contribution in [0.15, 0.2) is 29.5 Å². The van der Waals surface area contributed by atoms with Crippen molar-refractivity contribution < 1.29 is 4.74 Å². The van der Waals surface area contributed by atoms with E-state index in [1.54, 1.807) is 11.3 Å². The second-order valence-corrected chi connectivity index (χ2v) is 4.17. The van der Waals surface area contributed by atoms with Gasteiger partial charge in [-0.3, -0.25) is 4.90 Å². The minimum absolute atomic E-state index is 0.366. The molecule has 0 aliphatic carbocycles. The number of hydrogen-bond donors (Lipinski definition) is 0. The van der Waals surface area contributed by atoms with Crippen LogP contribution in [-0.4, -0.2) is 31.2 Å². The minimum atomic E-state index is 0.366. The van der Waals surface area contributed by atoms with E-state index in [0.29, 0.717) is 6.04 Å². The summed E-state index contributed by atoms with van der Waals surface area (Å²) in [5.74, 6) is 0. The van der Waals surface area contributed by atoms with E-state index in [9.17, 15) is 0 Å². The van der Waals surface area contributed by atoms with Crippen LogP contribution in [0, 0.1) is 0 Å². The number of hydrogen-bond acceptors (Lipinski definition) is 3. The third kappa shape index (κ3) is 2.05. The first-order chi connectivity index (χ1) is 6.92. The van der Waals surface area contributed by atoms with Crippen molar-refractivity contribution in [3.05, 3.63) is 35.0 Å². The standard InChI is InChI=1S/C11H15NOS/c1-2-11(10-3-8-14-9-10)12-4-6-13-7-5-12/h2-3,8-9,11H,1,4-7H2/t11-/m0/s1. The lowest BCUT2D eigenvalue weighted by Gasteiger charge is -2.32. The summed E-state index contributed by atoms with van der Waals surface area (Å²) in [6.07, 6.45) is 2.02. The lowest BCUT2D eigenvalue weighted by molar-refractivity contribution is 0.0254. The molecular weight excluding hydrogens is 194 g/mol. The molecule has 1 aromatic rings. The van der Waals surface area contributed by atoms with Crippen LogP contribution in [0.4, 0.5) is 0 Å². The van der Waals surface area contributed by atoms with Gasteiger partial charge in [0.1, 0.15) is 0 Å². The Bertz CT molecular complexity index is 277. The molecule has 1 aromatic heterocycles. The normalized spacial score (nSPS) is 20.6. The molecular formula is C11H15NOS. The molecule has 0 amide bonds. The van der Waals surface area contributed by atoms with Crippen LogP contribution in [0.25, 0.3) is 0 Å². The highest BCUT2D eigenvalue weighted by Gasteiger charge is 2.19. The number of rotatable bonds is 3. The molecule has 1 fully saturated rings. The zero-order valence-electron chi connectivity index (χ0n) is 8.19. The van der Waals surface area contributed by atoms with Crippen LogP contribution in [-0.2, 0) is 4.74 Å². The molecule has 2 rings (SSSR count). The third-order valence-corrected chi connectivity index (χ3v) is 3.25. The molecule has 0 saturated carbocycles. The van der Waals surface area contributed by atoms with Gasteiger partial charge in [0.05, 0.1) is 19.3 Å². The highest BCUT2D eigenvalue weighted by atomic mass is 32.1. The van der Waals surface area contributed by atoms with Gasteiger partial charge in [0, 0.05) is 13.1 Å². The molecule has 0 spiro atoms. The van der Waals surface area contributed by atoms with Crippen LogP contribution < -0.4 is 0 Å². The summed E-state index contributed by atoms with van der Waals surface area (Å²) >= 11 is 1.74. The van der Waals surface area contributed by atoms with Crippen LogP contribution >= 0.6 is 11.3 Å². The SMILES string of the molecule is C=C[C@@H](c1ccsc1)N1CCOCC1. The zero-order chi connectivity index (χ0) is 9.80. The van der Waals surface area contributed by atoms with Crippen LogP contribution in [0.5, 0.6) is 0 Å². The first-order valence-electron chi connectivity index (χ1n) is 4.88. The summed E-state index contributed by atoms with van der Waals surface area (Å²) in [6.45, 7) is 7.61. The third-order valence-electron chi connectivity index (χ3n) is 2.55. The molecule has 0 bridgehead atoms. The number of thiophene rings is 1. The van der Waals surface area contributed by atoms with E-state index in [0.717, 1.165) is 26.3 Å². The largest absolute Gasteiger partial charge is 0.379 e. The topological polar surface area (TPSA) is 12.5 Å². The monoisotopic (exact) mass is 209 g/mol. The molecule has 2 heterocycles. The van der Waals surface area contributed by atoms with Gasteiger partial charge in [-0.25, -0.2) is 0 Å². The lowest BCUT2D eigenvalue weighted by atomic mass is 10.1. The highest BCUT2D eigenvalue weighted by molar-refractivity contribution is 7.07.